The highest BCUT2D eigenvalue weighted by Gasteiger charge is 2.15. The Kier molecular flexibility index (Phi) is 7.73. The second-order valence-electron chi connectivity index (χ2n) is 9.35. The van der Waals surface area contributed by atoms with Gasteiger partial charge in [-0.3, -0.25) is 24.1 Å². The van der Waals surface area contributed by atoms with E-state index < -0.39 is 0 Å². The van der Waals surface area contributed by atoms with E-state index >= 15 is 0 Å². The zero-order chi connectivity index (χ0) is 26.3. The van der Waals surface area contributed by atoms with E-state index in [1.165, 1.54) is 0 Å². The average Bonchev–Trinajstić information content (AvgIpc) is 3.38. The number of aryl methyl sites for hydroxylation is 3. The van der Waals surface area contributed by atoms with Crippen molar-refractivity contribution in [3.63, 3.8) is 0 Å². The van der Waals surface area contributed by atoms with Crippen LogP contribution in [0.3, 0.4) is 0 Å². The highest BCUT2D eigenvalue weighted by molar-refractivity contribution is 5.81. The van der Waals surface area contributed by atoms with E-state index in [1.54, 1.807) is 30.3 Å². The molecule has 0 aliphatic rings. The third-order valence-electron chi connectivity index (χ3n) is 6.69. The minimum Gasteiger partial charge on any atom is -0.497 e. The van der Waals surface area contributed by atoms with Crippen LogP contribution in [0.1, 0.15) is 29.8 Å². The predicted octanol–water partition coefficient (Wildman–Crippen LogP) is 5.17. The summed E-state index contributed by atoms with van der Waals surface area (Å²) >= 11 is 0. The number of methoxy groups -OCH3 is 1. The van der Waals surface area contributed by atoms with Gasteiger partial charge in [0.1, 0.15) is 11.4 Å². The van der Waals surface area contributed by atoms with E-state index in [0.29, 0.717) is 30.7 Å². The largest absolute Gasteiger partial charge is 0.497 e. The highest BCUT2D eigenvalue weighted by atomic mass is 16.5. The third-order valence-corrected chi connectivity index (χ3v) is 6.69. The summed E-state index contributed by atoms with van der Waals surface area (Å²) < 4.78 is 6.89. The second-order valence-corrected chi connectivity index (χ2v) is 9.35. The van der Waals surface area contributed by atoms with Crippen LogP contribution in [0.25, 0.3) is 22.2 Å². The van der Waals surface area contributed by atoms with Gasteiger partial charge in [-0.2, -0.15) is 0 Å². The predicted molar refractivity (Wildman–Crippen MR) is 148 cm³/mol. The minimum absolute atomic E-state index is 0.00501. The number of rotatable bonds is 11. The number of H-pyrrole nitrogens is 1. The maximum Gasteiger partial charge on any atom is 0.273 e. The number of carbonyl (C=O) groups is 1. The number of ether oxygens (including phenoxy) is 1. The molecule has 5 rings (SSSR count). The molecule has 0 atom stereocenters. The SMILES string of the molecule is COc1cccc(CCCc2ncc(-c3ccccc3)n(CC(=O)CCc3cc4cnccc4[nH]3)c2=O)c1. The molecule has 0 fully saturated rings. The molecule has 38 heavy (non-hydrogen) atoms. The fraction of sp³-hybridized carbons (Fsp3) is 0.226. The maximum atomic E-state index is 13.5. The van der Waals surface area contributed by atoms with Crippen LogP contribution in [0, 0.1) is 0 Å². The van der Waals surface area contributed by atoms with Crippen molar-refractivity contribution in [3.05, 3.63) is 113 Å². The van der Waals surface area contributed by atoms with Crippen molar-refractivity contribution in [1.82, 2.24) is 19.5 Å². The van der Waals surface area contributed by atoms with Crippen LogP contribution < -0.4 is 10.3 Å². The summed E-state index contributed by atoms with van der Waals surface area (Å²) in [5, 5.41) is 1.02. The molecule has 0 radical (unpaired) electrons. The van der Waals surface area contributed by atoms with Gasteiger partial charge in [0.15, 0.2) is 5.78 Å². The van der Waals surface area contributed by atoms with Crippen molar-refractivity contribution in [2.24, 2.45) is 0 Å². The fourth-order valence-corrected chi connectivity index (χ4v) is 4.68. The molecule has 0 saturated heterocycles. The van der Waals surface area contributed by atoms with Crippen LogP contribution in [0.4, 0.5) is 0 Å². The van der Waals surface area contributed by atoms with Crippen LogP contribution in [0.15, 0.2) is 90.1 Å². The summed E-state index contributed by atoms with van der Waals surface area (Å²) in [6, 6.07) is 21.5. The van der Waals surface area contributed by atoms with Crippen molar-refractivity contribution in [1.29, 1.82) is 0 Å². The standard InChI is InChI=1S/C31H30N4O3/c1-38-27-11-5-7-22(17-27)8-6-12-29-31(37)35(30(20-33-29)23-9-3-2-4-10-23)21-26(36)14-13-25-18-24-19-32-16-15-28(24)34-25/h2-5,7,9-11,15-20,34H,6,8,12-14,21H2,1H3. The summed E-state index contributed by atoms with van der Waals surface area (Å²) in [6.45, 7) is 0.0102. The number of pyridine rings is 1. The van der Waals surface area contributed by atoms with E-state index in [0.717, 1.165) is 46.3 Å². The van der Waals surface area contributed by atoms with E-state index in [4.69, 9.17) is 4.74 Å². The van der Waals surface area contributed by atoms with Crippen molar-refractivity contribution < 1.29 is 9.53 Å². The Hall–Kier alpha value is -4.52. The van der Waals surface area contributed by atoms with Gasteiger partial charge in [-0.15, -0.1) is 0 Å². The molecule has 0 spiro atoms. The number of hydrogen-bond donors (Lipinski definition) is 1. The summed E-state index contributed by atoms with van der Waals surface area (Å²) in [4.78, 5) is 38.6. The number of ketones is 1. The molecule has 0 bridgehead atoms. The number of aromatic nitrogens is 4. The summed E-state index contributed by atoms with van der Waals surface area (Å²) in [5.41, 5.74) is 4.90. The number of fused-ring (bicyclic) bond motifs is 1. The van der Waals surface area contributed by atoms with Crippen molar-refractivity contribution >= 4 is 16.7 Å². The van der Waals surface area contributed by atoms with Gasteiger partial charge in [0.05, 0.1) is 25.5 Å². The molecular formula is C31H30N4O3. The summed E-state index contributed by atoms with van der Waals surface area (Å²) in [6.07, 6.45) is 8.26. The molecule has 1 N–H and O–H groups in total. The summed E-state index contributed by atoms with van der Waals surface area (Å²) in [5.74, 6) is 0.812. The quantitative estimate of drug-likeness (QED) is 0.267. The lowest BCUT2D eigenvalue weighted by atomic mass is 10.1. The molecule has 0 unspecified atom stereocenters. The van der Waals surface area contributed by atoms with E-state index in [9.17, 15) is 9.59 Å². The van der Waals surface area contributed by atoms with Gasteiger partial charge in [0.2, 0.25) is 0 Å². The molecule has 3 aromatic heterocycles. The number of nitrogens with one attached hydrogen (secondary N) is 1. The van der Waals surface area contributed by atoms with E-state index in [-0.39, 0.29) is 17.9 Å². The van der Waals surface area contributed by atoms with Crippen LogP contribution in [0.5, 0.6) is 5.75 Å². The molecule has 0 saturated carbocycles. The Balaban J connectivity index is 1.32. The maximum absolute atomic E-state index is 13.5. The Morgan fingerprint density at radius 1 is 0.974 bits per heavy atom. The topological polar surface area (TPSA) is 89.9 Å². The van der Waals surface area contributed by atoms with Gasteiger partial charge < -0.3 is 9.72 Å². The fourth-order valence-electron chi connectivity index (χ4n) is 4.68. The molecule has 5 aromatic rings. The normalized spacial score (nSPS) is 11.1. The number of aromatic amines is 1. The Bertz CT molecular complexity index is 1570. The number of hydrogen-bond acceptors (Lipinski definition) is 5. The molecular weight excluding hydrogens is 476 g/mol. The van der Waals surface area contributed by atoms with Crippen LogP contribution >= 0.6 is 0 Å². The lowest BCUT2D eigenvalue weighted by Gasteiger charge is -2.14. The molecule has 7 heteroatoms. The number of Topliss-reactive ketones (excluding diaryl/α,β-unsaturated/α-hetero) is 1. The smallest absolute Gasteiger partial charge is 0.273 e. The zero-order valence-electron chi connectivity index (χ0n) is 21.4. The van der Waals surface area contributed by atoms with Gasteiger partial charge >= 0.3 is 0 Å². The molecule has 0 aliphatic heterocycles. The monoisotopic (exact) mass is 506 g/mol. The Labute approximate surface area is 221 Å². The molecule has 192 valence electrons. The second kappa shape index (κ2) is 11.7. The van der Waals surface area contributed by atoms with Gasteiger partial charge in [-0.05, 0) is 61.1 Å². The first kappa shape index (κ1) is 25.1. The number of benzene rings is 2. The average molecular weight is 507 g/mol. The number of carbonyl (C=O) groups excluding carboxylic acids is 1. The van der Waals surface area contributed by atoms with Gasteiger partial charge in [-0.1, -0.05) is 42.5 Å². The molecule has 0 amide bonds. The molecule has 2 aromatic carbocycles. The van der Waals surface area contributed by atoms with Crippen molar-refractivity contribution in [2.75, 3.05) is 7.11 Å². The lowest BCUT2D eigenvalue weighted by molar-refractivity contribution is -0.119. The summed E-state index contributed by atoms with van der Waals surface area (Å²) in [7, 11) is 1.65. The van der Waals surface area contributed by atoms with Crippen molar-refractivity contribution in [2.45, 2.75) is 38.6 Å². The minimum atomic E-state index is -0.206. The van der Waals surface area contributed by atoms with E-state index in [1.807, 2.05) is 60.7 Å². The Morgan fingerprint density at radius 2 is 1.84 bits per heavy atom. The first-order valence-electron chi connectivity index (χ1n) is 12.8. The van der Waals surface area contributed by atoms with Gasteiger partial charge in [-0.25, -0.2) is 0 Å². The molecule has 7 nitrogen and oxygen atoms in total. The van der Waals surface area contributed by atoms with Crippen LogP contribution in [0.2, 0.25) is 0 Å². The molecule has 0 aliphatic carbocycles. The first-order chi connectivity index (χ1) is 18.6. The molecule has 3 heterocycles. The van der Waals surface area contributed by atoms with Gasteiger partial charge in [0, 0.05) is 35.4 Å². The van der Waals surface area contributed by atoms with Crippen LogP contribution in [-0.2, 0) is 30.6 Å². The van der Waals surface area contributed by atoms with Gasteiger partial charge in [0.25, 0.3) is 5.56 Å². The highest BCUT2D eigenvalue weighted by Crippen LogP contribution is 2.19. The lowest BCUT2D eigenvalue weighted by Crippen LogP contribution is -2.29. The zero-order valence-corrected chi connectivity index (χ0v) is 21.4. The van der Waals surface area contributed by atoms with E-state index in [2.05, 4.69) is 21.0 Å². The van der Waals surface area contributed by atoms with Crippen molar-refractivity contribution in [3.8, 4) is 17.0 Å². The third kappa shape index (κ3) is 5.89. The number of nitrogens with zero attached hydrogens (tertiary/aromatic N) is 3. The Morgan fingerprint density at radius 3 is 2.66 bits per heavy atom. The first-order valence-corrected chi connectivity index (χ1v) is 12.8. The van der Waals surface area contributed by atoms with Crippen LogP contribution in [-0.4, -0.2) is 32.4 Å².